The molecule has 2 rings (SSSR count). The van der Waals surface area contributed by atoms with Gasteiger partial charge in [0.05, 0.1) is 4.47 Å². The number of rotatable bonds is 4. The van der Waals surface area contributed by atoms with Gasteiger partial charge in [-0.15, -0.1) is 0 Å². The molecule has 0 bridgehead atoms. The Kier molecular flexibility index (Phi) is 4.83. The van der Waals surface area contributed by atoms with Crippen LogP contribution in [0.4, 0.5) is 13.2 Å². The summed E-state index contributed by atoms with van der Waals surface area (Å²) >= 11 is 2.94. The number of hydrogen-bond donors (Lipinski definition) is 1. The number of halogens is 4. The van der Waals surface area contributed by atoms with Crippen LogP contribution in [-0.4, -0.2) is 7.05 Å². The van der Waals surface area contributed by atoms with Crippen molar-refractivity contribution >= 4 is 15.9 Å². The highest BCUT2D eigenvalue weighted by Crippen LogP contribution is 2.26. The first-order valence-electron chi connectivity index (χ1n) is 6.07. The van der Waals surface area contributed by atoms with E-state index in [-0.39, 0.29) is 15.9 Å². The van der Waals surface area contributed by atoms with Crippen LogP contribution in [0.5, 0.6) is 0 Å². The molecule has 0 saturated carbocycles. The minimum Gasteiger partial charge on any atom is -0.313 e. The smallest absolute Gasteiger partial charge is 0.137 e. The van der Waals surface area contributed by atoms with Crippen molar-refractivity contribution in [1.82, 2.24) is 5.32 Å². The zero-order valence-electron chi connectivity index (χ0n) is 10.8. The van der Waals surface area contributed by atoms with Gasteiger partial charge in [0.15, 0.2) is 0 Å². The van der Waals surface area contributed by atoms with Crippen LogP contribution in [0.15, 0.2) is 40.9 Å². The second-order valence-corrected chi connectivity index (χ2v) is 5.32. The minimum absolute atomic E-state index is 0.0827. The first-order valence-corrected chi connectivity index (χ1v) is 6.86. The van der Waals surface area contributed by atoms with Crippen molar-refractivity contribution in [1.29, 1.82) is 0 Å². The summed E-state index contributed by atoms with van der Waals surface area (Å²) in [6, 6.07) is 7.89. The van der Waals surface area contributed by atoms with Gasteiger partial charge >= 0.3 is 0 Å². The molecular weight excluding hydrogens is 331 g/mol. The normalized spacial score (nSPS) is 12.4. The second kappa shape index (κ2) is 6.41. The molecule has 2 aromatic rings. The molecule has 0 radical (unpaired) electrons. The summed E-state index contributed by atoms with van der Waals surface area (Å²) in [4.78, 5) is 0. The average Bonchev–Trinajstić information content (AvgIpc) is 2.40. The maximum atomic E-state index is 13.9. The molecule has 0 aliphatic heterocycles. The fourth-order valence-electron chi connectivity index (χ4n) is 2.07. The highest BCUT2D eigenvalue weighted by atomic mass is 79.9. The second-order valence-electron chi connectivity index (χ2n) is 4.46. The van der Waals surface area contributed by atoms with Crippen LogP contribution in [0.2, 0.25) is 0 Å². The molecule has 0 amide bonds. The molecule has 5 heteroatoms. The van der Waals surface area contributed by atoms with E-state index in [1.54, 1.807) is 19.2 Å². The van der Waals surface area contributed by atoms with Crippen molar-refractivity contribution in [3.05, 3.63) is 69.4 Å². The molecule has 0 spiro atoms. The van der Waals surface area contributed by atoms with Crippen LogP contribution in [0.1, 0.15) is 17.2 Å². The molecule has 1 N–H and O–H groups in total. The summed E-state index contributed by atoms with van der Waals surface area (Å²) in [7, 11) is 1.66. The van der Waals surface area contributed by atoms with Crippen molar-refractivity contribution < 1.29 is 13.2 Å². The third-order valence-electron chi connectivity index (χ3n) is 3.09. The van der Waals surface area contributed by atoms with E-state index in [1.165, 1.54) is 12.1 Å². The van der Waals surface area contributed by atoms with Gasteiger partial charge in [-0.25, -0.2) is 13.2 Å². The summed E-state index contributed by atoms with van der Waals surface area (Å²) in [6.45, 7) is 0. The highest BCUT2D eigenvalue weighted by molar-refractivity contribution is 9.10. The van der Waals surface area contributed by atoms with Crippen LogP contribution < -0.4 is 5.32 Å². The standard InChI is InChI=1S/C15H13BrF3N/c1-20-15(6-9-3-2-4-10(17)5-9)11-7-14(19)12(16)8-13(11)18/h2-5,7-8,15,20H,6H2,1H3. The Balaban J connectivity index is 2.31. The SMILES string of the molecule is CNC(Cc1cccc(F)c1)c1cc(F)c(Br)cc1F. The molecule has 0 aliphatic rings. The number of nitrogens with one attached hydrogen (secondary N) is 1. The van der Waals surface area contributed by atoms with Crippen LogP contribution in [0, 0.1) is 17.5 Å². The Hall–Kier alpha value is -1.33. The van der Waals surface area contributed by atoms with Gasteiger partial charge in [-0.05, 0) is 59.2 Å². The van der Waals surface area contributed by atoms with Crippen LogP contribution >= 0.6 is 15.9 Å². The van der Waals surface area contributed by atoms with Crippen molar-refractivity contribution in [2.24, 2.45) is 0 Å². The first kappa shape index (κ1) is 15.1. The summed E-state index contributed by atoms with van der Waals surface area (Å²) in [5.41, 5.74) is 0.935. The van der Waals surface area contributed by atoms with E-state index in [4.69, 9.17) is 0 Å². The lowest BCUT2D eigenvalue weighted by atomic mass is 9.98. The molecular formula is C15H13BrF3N. The van der Waals surface area contributed by atoms with Gasteiger partial charge in [-0.2, -0.15) is 0 Å². The topological polar surface area (TPSA) is 12.0 Å². The Bertz CT molecular complexity index is 616. The number of benzene rings is 2. The molecule has 0 heterocycles. The quantitative estimate of drug-likeness (QED) is 0.813. The molecule has 0 aliphatic carbocycles. The maximum absolute atomic E-state index is 13.9. The van der Waals surface area contributed by atoms with Crippen LogP contribution in [0.25, 0.3) is 0 Å². The Labute approximate surface area is 123 Å². The van der Waals surface area contributed by atoms with E-state index in [0.29, 0.717) is 12.0 Å². The number of likely N-dealkylation sites (N-methyl/N-ethyl adjacent to an activating group) is 1. The lowest BCUT2D eigenvalue weighted by Crippen LogP contribution is -2.20. The van der Waals surface area contributed by atoms with Gasteiger partial charge in [0.1, 0.15) is 17.5 Å². The fourth-order valence-corrected chi connectivity index (χ4v) is 2.39. The van der Waals surface area contributed by atoms with E-state index < -0.39 is 17.7 Å². The maximum Gasteiger partial charge on any atom is 0.137 e. The summed E-state index contributed by atoms with van der Waals surface area (Å²) in [5.74, 6) is -1.38. The first-order chi connectivity index (χ1) is 9.51. The van der Waals surface area contributed by atoms with E-state index in [0.717, 1.165) is 12.1 Å². The molecule has 1 unspecified atom stereocenters. The zero-order chi connectivity index (χ0) is 14.7. The fraction of sp³-hybridized carbons (Fsp3) is 0.200. The third kappa shape index (κ3) is 3.41. The minimum atomic E-state index is -0.527. The summed E-state index contributed by atoms with van der Waals surface area (Å²) < 4.78 is 40.7. The van der Waals surface area contributed by atoms with E-state index >= 15 is 0 Å². The third-order valence-corrected chi connectivity index (χ3v) is 3.70. The van der Waals surface area contributed by atoms with Gasteiger partial charge in [-0.3, -0.25) is 0 Å². The van der Waals surface area contributed by atoms with Crippen LogP contribution in [0.3, 0.4) is 0 Å². The molecule has 20 heavy (non-hydrogen) atoms. The summed E-state index contributed by atoms with van der Waals surface area (Å²) in [6.07, 6.45) is 0.367. The predicted molar refractivity (Wildman–Crippen MR) is 76.0 cm³/mol. The molecule has 1 atom stereocenters. The van der Waals surface area contributed by atoms with Gasteiger partial charge in [0.2, 0.25) is 0 Å². The molecule has 106 valence electrons. The monoisotopic (exact) mass is 343 g/mol. The van der Waals surface area contributed by atoms with Crippen molar-refractivity contribution in [2.75, 3.05) is 7.05 Å². The predicted octanol–water partition coefficient (Wildman–Crippen LogP) is 4.37. The molecule has 0 fully saturated rings. The Morgan fingerprint density at radius 3 is 2.50 bits per heavy atom. The van der Waals surface area contributed by atoms with E-state index in [2.05, 4.69) is 21.2 Å². The van der Waals surface area contributed by atoms with Crippen molar-refractivity contribution in [3.8, 4) is 0 Å². The lowest BCUT2D eigenvalue weighted by molar-refractivity contribution is 0.519. The average molecular weight is 344 g/mol. The van der Waals surface area contributed by atoms with Crippen LogP contribution in [-0.2, 0) is 6.42 Å². The van der Waals surface area contributed by atoms with Crippen molar-refractivity contribution in [2.45, 2.75) is 12.5 Å². The Morgan fingerprint density at radius 2 is 1.85 bits per heavy atom. The van der Waals surface area contributed by atoms with Crippen molar-refractivity contribution in [3.63, 3.8) is 0 Å². The molecule has 0 saturated heterocycles. The number of hydrogen-bond acceptors (Lipinski definition) is 1. The van der Waals surface area contributed by atoms with Gasteiger partial charge in [0, 0.05) is 11.6 Å². The zero-order valence-corrected chi connectivity index (χ0v) is 12.3. The summed E-state index contributed by atoms with van der Waals surface area (Å²) in [5, 5.41) is 2.93. The van der Waals surface area contributed by atoms with E-state index in [9.17, 15) is 13.2 Å². The highest BCUT2D eigenvalue weighted by Gasteiger charge is 2.17. The molecule has 2 aromatic carbocycles. The van der Waals surface area contributed by atoms with E-state index in [1.807, 2.05) is 0 Å². The van der Waals surface area contributed by atoms with Gasteiger partial charge in [-0.1, -0.05) is 12.1 Å². The Morgan fingerprint density at radius 1 is 1.10 bits per heavy atom. The molecule has 0 aromatic heterocycles. The van der Waals surface area contributed by atoms with Gasteiger partial charge < -0.3 is 5.32 Å². The largest absolute Gasteiger partial charge is 0.313 e. The molecule has 1 nitrogen and oxygen atoms in total. The lowest BCUT2D eigenvalue weighted by Gasteiger charge is -2.18. The van der Waals surface area contributed by atoms with Gasteiger partial charge in [0.25, 0.3) is 0 Å².